The molecule has 1 amide bonds. The van der Waals surface area contributed by atoms with Crippen molar-refractivity contribution >= 4 is 5.91 Å². The number of nitrogens with zero attached hydrogens (tertiary/aromatic N) is 2. The van der Waals surface area contributed by atoms with Gasteiger partial charge in [-0.3, -0.25) is 9.69 Å². The van der Waals surface area contributed by atoms with Gasteiger partial charge < -0.3 is 10.0 Å². The maximum atomic E-state index is 12.4. The van der Waals surface area contributed by atoms with E-state index in [9.17, 15) is 9.90 Å². The molecule has 16 heavy (non-hydrogen) atoms. The first-order valence-corrected chi connectivity index (χ1v) is 5.76. The molecular weight excluding hydrogens is 204 g/mol. The summed E-state index contributed by atoms with van der Waals surface area (Å²) in [6.07, 6.45) is 0. The van der Waals surface area contributed by atoms with E-state index in [1.165, 1.54) is 0 Å². The molecule has 1 heterocycles. The second kappa shape index (κ2) is 4.00. The van der Waals surface area contributed by atoms with Crippen LogP contribution in [0.15, 0.2) is 0 Å². The number of piperazine rings is 1. The molecule has 94 valence electrons. The Hall–Kier alpha value is -0.610. The van der Waals surface area contributed by atoms with Crippen molar-refractivity contribution in [2.75, 3.05) is 20.2 Å². The molecule has 1 N–H and O–H groups in total. The zero-order valence-electron chi connectivity index (χ0n) is 11.2. The number of aliphatic hydroxyl groups is 1. The second-order valence-electron chi connectivity index (χ2n) is 6.27. The predicted molar refractivity (Wildman–Crippen MR) is 64.2 cm³/mol. The van der Waals surface area contributed by atoms with Crippen LogP contribution in [0, 0.1) is 0 Å². The van der Waals surface area contributed by atoms with Gasteiger partial charge in [-0.15, -0.1) is 0 Å². The van der Waals surface area contributed by atoms with Gasteiger partial charge in [0.1, 0.15) is 6.04 Å². The third kappa shape index (κ3) is 2.23. The van der Waals surface area contributed by atoms with Crippen molar-refractivity contribution in [1.82, 2.24) is 9.80 Å². The zero-order chi connectivity index (χ0) is 12.7. The molecular formula is C12H24N2O2. The Morgan fingerprint density at radius 1 is 1.44 bits per heavy atom. The summed E-state index contributed by atoms with van der Waals surface area (Å²) >= 11 is 0. The number of amides is 1. The molecule has 1 unspecified atom stereocenters. The molecule has 0 aromatic rings. The van der Waals surface area contributed by atoms with Gasteiger partial charge in [0.15, 0.2) is 0 Å². The van der Waals surface area contributed by atoms with Crippen LogP contribution in [-0.2, 0) is 4.79 Å². The van der Waals surface area contributed by atoms with E-state index < -0.39 is 6.04 Å². The topological polar surface area (TPSA) is 43.8 Å². The molecule has 1 aliphatic heterocycles. The maximum Gasteiger partial charge on any atom is 0.243 e. The van der Waals surface area contributed by atoms with Crippen LogP contribution in [-0.4, -0.2) is 58.1 Å². The van der Waals surface area contributed by atoms with Crippen LogP contribution in [0.5, 0.6) is 0 Å². The Morgan fingerprint density at radius 3 is 2.31 bits per heavy atom. The van der Waals surface area contributed by atoms with E-state index in [0.29, 0.717) is 0 Å². The van der Waals surface area contributed by atoms with Crippen LogP contribution < -0.4 is 0 Å². The van der Waals surface area contributed by atoms with Gasteiger partial charge in [-0.2, -0.15) is 0 Å². The number of rotatable bonds is 1. The predicted octanol–water partition coefficient (Wildman–Crippen LogP) is 0.698. The number of hydrogen-bond donors (Lipinski definition) is 1. The molecule has 4 heteroatoms. The molecule has 1 aliphatic rings. The first kappa shape index (κ1) is 13.5. The average Bonchev–Trinajstić information content (AvgIpc) is 1.97. The molecule has 0 aromatic heterocycles. The van der Waals surface area contributed by atoms with Crippen LogP contribution in [0.3, 0.4) is 0 Å². The molecule has 4 nitrogen and oxygen atoms in total. The molecule has 0 saturated carbocycles. The van der Waals surface area contributed by atoms with Gasteiger partial charge in [0.05, 0.1) is 12.1 Å². The Labute approximate surface area is 98.2 Å². The minimum Gasteiger partial charge on any atom is -0.394 e. The van der Waals surface area contributed by atoms with Crippen molar-refractivity contribution in [2.24, 2.45) is 0 Å². The smallest absolute Gasteiger partial charge is 0.243 e. The molecule has 0 spiro atoms. The van der Waals surface area contributed by atoms with Gasteiger partial charge in [0, 0.05) is 12.1 Å². The molecule has 0 aliphatic carbocycles. The Kier molecular flexibility index (Phi) is 3.37. The molecule has 1 saturated heterocycles. The van der Waals surface area contributed by atoms with E-state index >= 15 is 0 Å². The quantitative estimate of drug-likeness (QED) is 0.718. The summed E-state index contributed by atoms with van der Waals surface area (Å²) in [4.78, 5) is 16.2. The monoisotopic (exact) mass is 228 g/mol. The van der Waals surface area contributed by atoms with Gasteiger partial charge in [0.25, 0.3) is 0 Å². The van der Waals surface area contributed by atoms with E-state index in [0.717, 1.165) is 6.54 Å². The molecule has 0 radical (unpaired) electrons. The molecule has 1 atom stereocenters. The number of carbonyl (C=O) groups is 1. The number of hydrogen-bond acceptors (Lipinski definition) is 3. The third-order valence-electron chi connectivity index (χ3n) is 3.12. The first-order chi connectivity index (χ1) is 7.11. The minimum absolute atomic E-state index is 0.0220. The normalized spacial score (nSPS) is 27.3. The number of likely N-dealkylation sites (N-methyl/N-ethyl adjacent to an activating group) is 1. The van der Waals surface area contributed by atoms with E-state index in [2.05, 4.69) is 13.8 Å². The van der Waals surface area contributed by atoms with Crippen molar-refractivity contribution in [3.63, 3.8) is 0 Å². The molecule has 0 bridgehead atoms. The highest BCUT2D eigenvalue weighted by Crippen LogP contribution is 2.31. The van der Waals surface area contributed by atoms with Crippen LogP contribution in [0.1, 0.15) is 34.6 Å². The van der Waals surface area contributed by atoms with Crippen molar-refractivity contribution in [1.29, 1.82) is 0 Å². The summed E-state index contributed by atoms with van der Waals surface area (Å²) in [5.41, 5.74) is -0.412. The molecule has 1 fully saturated rings. The lowest BCUT2D eigenvalue weighted by Crippen LogP contribution is -2.70. The minimum atomic E-state index is -0.396. The first-order valence-electron chi connectivity index (χ1n) is 5.76. The van der Waals surface area contributed by atoms with Crippen molar-refractivity contribution in [3.05, 3.63) is 0 Å². The zero-order valence-corrected chi connectivity index (χ0v) is 11.2. The largest absolute Gasteiger partial charge is 0.394 e. The fourth-order valence-electron chi connectivity index (χ4n) is 2.88. The van der Waals surface area contributed by atoms with E-state index in [1.54, 1.807) is 0 Å². The number of carbonyl (C=O) groups excluding carboxylic acids is 1. The average molecular weight is 228 g/mol. The highest BCUT2D eigenvalue weighted by atomic mass is 16.3. The Bertz CT molecular complexity index is 281. The highest BCUT2D eigenvalue weighted by molar-refractivity contribution is 5.84. The Morgan fingerprint density at radius 2 is 1.94 bits per heavy atom. The molecule has 0 aromatic carbocycles. The highest BCUT2D eigenvalue weighted by Gasteiger charge is 2.47. The fourth-order valence-corrected chi connectivity index (χ4v) is 2.88. The Balaban J connectivity index is 3.09. The fraction of sp³-hybridized carbons (Fsp3) is 0.917. The van der Waals surface area contributed by atoms with E-state index in [4.69, 9.17) is 0 Å². The lowest BCUT2D eigenvalue weighted by molar-refractivity contribution is -0.161. The SMILES string of the molecule is CN1CC(C)(C)N(C(C)(C)C)C(=O)C1CO. The number of aliphatic hydroxyl groups excluding tert-OH is 1. The van der Waals surface area contributed by atoms with Crippen LogP contribution in [0.4, 0.5) is 0 Å². The lowest BCUT2D eigenvalue weighted by Gasteiger charge is -2.54. The van der Waals surface area contributed by atoms with Gasteiger partial charge in [-0.1, -0.05) is 0 Å². The van der Waals surface area contributed by atoms with Crippen LogP contribution in [0.25, 0.3) is 0 Å². The summed E-state index contributed by atoms with van der Waals surface area (Å²) in [6.45, 7) is 10.9. The van der Waals surface area contributed by atoms with Gasteiger partial charge in [0.2, 0.25) is 5.91 Å². The summed E-state index contributed by atoms with van der Waals surface area (Å²) < 4.78 is 0. The summed E-state index contributed by atoms with van der Waals surface area (Å²) in [5, 5.41) is 9.30. The maximum absolute atomic E-state index is 12.4. The van der Waals surface area contributed by atoms with E-state index in [1.807, 2.05) is 37.6 Å². The summed E-state index contributed by atoms with van der Waals surface area (Å²) in [5.74, 6) is 0.0220. The van der Waals surface area contributed by atoms with Gasteiger partial charge in [-0.05, 0) is 41.7 Å². The summed E-state index contributed by atoms with van der Waals surface area (Å²) in [6, 6.07) is -0.396. The van der Waals surface area contributed by atoms with Gasteiger partial charge in [-0.25, -0.2) is 0 Å². The van der Waals surface area contributed by atoms with Crippen molar-refractivity contribution < 1.29 is 9.90 Å². The van der Waals surface area contributed by atoms with Crippen LogP contribution in [0.2, 0.25) is 0 Å². The van der Waals surface area contributed by atoms with Crippen LogP contribution >= 0.6 is 0 Å². The van der Waals surface area contributed by atoms with Crippen molar-refractivity contribution in [2.45, 2.75) is 51.7 Å². The second-order valence-corrected chi connectivity index (χ2v) is 6.27. The van der Waals surface area contributed by atoms with E-state index in [-0.39, 0.29) is 23.6 Å². The molecule has 1 rings (SSSR count). The summed E-state index contributed by atoms with van der Waals surface area (Å²) in [7, 11) is 1.89. The van der Waals surface area contributed by atoms with Crippen molar-refractivity contribution in [3.8, 4) is 0 Å². The van der Waals surface area contributed by atoms with Gasteiger partial charge >= 0.3 is 0 Å². The lowest BCUT2D eigenvalue weighted by atomic mass is 9.89. The standard InChI is InChI=1S/C12H24N2O2/c1-11(2,3)14-10(16)9(7-15)13(6)8-12(14,4)5/h9,15H,7-8H2,1-6H3. The third-order valence-corrected chi connectivity index (χ3v) is 3.12.